The lowest BCUT2D eigenvalue weighted by Gasteiger charge is -2.68. The van der Waals surface area contributed by atoms with E-state index < -0.39 is 5.41 Å². The first kappa shape index (κ1) is 25.0. The summed E-state index contributed by atoms with van der Waals surface area (Å²) in [6.07, 6.45) is 11.3. The number of esters is 1. The second-order valence-electron chi connectivity index (χ2n) is 14.4. The van der Waals surface area contributed by atoms with Gasteiger partial charge < -0.3 is 4.74 Å². The van der Waals surface area contributed by atoms with E-state index in [1.54, 1.807) is 0 Å². The predicted molar refractivity (Wildman–Crippen MR) is 136 cm³/mol. The van der Waals surface area contributed by atoms with Gasteiger partial charge in [-0.15, -0.1) is 0 Å². The van der Waals surface area contributed by atoms with Crippen molar-refractivity contribution < 1.29 is 19.1 Å². The van der Waals surface area contributed by atoms with Gasteiger partial charge in [0.05, 0.1) is 12.5 Å². The van der Waals surface area contributed by atoms with Crippen LogP contribution in [0.15, 0.2) is 23.3 Å². The SMILES string of the molecule is COC(=O)[C@]1(C)C=C2C3=CC(=O)[C@@H]4[C@]5(C)CCC(=O)C(C)(C)[C@@H]5CC[C@]4(C)[C@@]3(C)CC[C@]2(C)CC1. The van der Waals surface area contributed by atoms with Crippen molar-refractivity contribution in [2.75, 3.05) is 7.11 Å². The molecule has 3 fully saturated rings. The van der Waals surface area contributed by atoms with Gasteiger partial charge in [0.1, 0.15) is 5.78 Å². The monoisotopic (exact) mass is 480 g/mol. The molecule has 4 heteroatoms. The van der Waals surface area contributed by atoms with Gasteiger partial charge in [0.2, 0.25) is 0 Å². The normalized spacial score (nSPS) is 48.5. The van der Waals surface area contributed by atoms with Crippen LogP contribution in [0.4, 0.5) is 0 Å². The number of ether oxygens (including phenoxy) is 1. The molecule has 0 aliphatic heterocycles. The minimum absolute atomic E-state index is 0.0112. The largest absolute Gasteiger partial charge is 0.468 e. The summed E-state index contributed by atoms with van der Waals surface area (Å²) in [6.45, 7) is 15.6. The van der Waals surface area contributed by atoms with Crippen molar-refractivity contribution in [1.29, 1.82) is 0 Å². The summed E-state index contributed by atoms with van der Waals surface area (Å²) in [4.78, 5) is 39.9. The molecule has 7 atom stereocenters. The van der Waals surface area contributed by atoms with Gasteiger partial charge in [0.25, 0.3) is 0 Å². The molecule has 0 amide bonds. The van der Waals surface area contributed by atoms with E-state index in [-0.39, 0.29) is 50.7 Å². The molecule has 5 rings (SSSR count). The van der Waals surface area contributed by atoms with Crippen molar-refractivity contribution in [1.82, 2.24) is 0 Å². The Morgan fingerprint density at radius 2 is 1.54 bits per heavy atom. The van der Waals surface area contributed by atoms with Gasteiger partial charge in [0, 0.05) is 17.8 Å². The molecule has 3 saturated carbocycles. The highest BCUT2D eigenvalue weighted by Crippen LogP contribution is 2.74. The molecule has 0 aromatic rings. The Hall–Kier alpha value is -1.71. The molecular formula is C31H44O4. The van der Waals surface area contributed by atoms with E-state index in [4.69, 9.17) is 4.74 Å². The average Bonchev–Trinajstić information content (AvgIpc) is 2.78. The summed E-state index contributed by atoms with van der Waals surface area (Å²) in [7, 11) is 1.47. The highest BCUT2D eigenvalue weighted by Gasteiger charge is 2.69. The number of ketones is 2. The van der Waals surface area contributed by atoms with Gasteiger partial charge in [-0.05, 0) is 96.7 Å². The van der Waals surface area contributed by atoms with Crippen LogP contribution in [0.5, 0.6) is 0 Å². The van der Waals surface area contributed by atoms with Crippen molar-refractivity contribution in [2.45, 2.75) is 99.8 Å². The number of hydrogen-bond donors (Lipinski definition) is 0. The van der Waals surface area contributed by atoms with Crippen LogP contribution in [0.2, 0.25) is 0 Å². The molecule has 0 N–H and O–H groups in total. The number of carbonyl (C=O) groups excluding carboxylic acids is 3. The Balaban J connectivity index is 1.67. The minimum atomic E-state index is -0.652. The summed E-state index contributed by atoms with van der Waals surface area (Å²) in [5.41, 5.74) is 0.877. The van der Waals surface area contributed by atoms with Crippen LogP contribution < -0.4 is 0 Å². The van der Waals surface area contributed by atoms with E-state index in [0.29, 0.717) is 12.2 Å². The lowest BCUT2D eigenvalue weighted by molar-refractivity contribution is -0.182. The van der Waals surface area contributed by atoms with E-state index in [1.807, 2.05) is 13.0 Å². The lowest BCUT2D eigenvalue weighted by atomic mass is 9.34. The van der Waals surface area contributed by atoms with Crippen molar-refractivity contribution in [3.8, 4) is 0 Å². The third-order valence-electron chi connectivity index (χ3n) is 12.4. The molecule has 4 nitrogen and oxygen atoms in total. The minimum Gasteiger partial charge on any atom is -0.468 e. The van der Waals surface area contributed by atoms with E-state index >= 15 is 0 Å². The maximum Gasteiger partial charge on any atom is 0.315 e. The third-order valence-corrected chi connectivity index (χ3v) is 12.4. The molecule has 0 aromatic carbocycles. The number of carbonyl (C=O) groups is 3. The van der Waals surface area contributed by atoms with Crippen LogP contribution in [0.1, 0.15) is 99.8 Å². The molecule has 5 aliphatic carbocycles. The first-order valence-electron chi connectivity index (χ1n) is 13.7. The molecule has 0 saturated heterocycles. The molecule has 35 heavy (non-hydrogen) atoms. The zero-order chi connectivity index (χ0) is 25.8. The van der Waals surface area contributed by atoms with Gasteiger partial charge in [-0.25, -0.2) is 0 Å². The van der Waals surface area contributed by atoms with Gasteiger partial charge >= 0.3 is 5.97 Å². The van der Waals surface area contributed by atoms with Gasteiger partial charge in [-0.1, -0.05) is 47.6 Å². The van der Waals surface area contributed by atoms with Crippen molar-refractivity contribution in [3.05, 3.63) is 23.3 Å². The topological polar surface area (TPSA) is 60.4 Å². The van der Waals surface area contributed by atoms with Gasteiger partial charge in [-0.3, -0.25) is 14.4 Å². The predicted octanol–water partition coefficient (Wildman–Crippen LogP) is 6.63. The fourth-order valence-corrected chi connectivity index (χ4v) is 9.79. The first-order valence-corrected chi connectivity index (χ1v) is 13.7. The lowest BCUT2D eigenvalue weighted by Crippen LogP contribution is -2.65. The van der Waals surface area contributed by atoms with E-state index in [2.05, 4.69) is 47.6 Å². The fourth-order valence-electron chi connectivity index (χ4n) is 9.79. The van der Waals surface area contributed by atoms with Crippen LogP contribution in [0.25, 0.3) is 0 Å². The third kappa shape index (κ3) is 2.95. The molecule has 0 radical (unpaired) electrons. The molecular weight excluding hydrogens is 436 g/mol. The highest BCUT2D eigenvalue weighted by molar-refractivity contribution is 5.97. The molecule has 192 valence electrons. The molecule has 0 spiro atoms. The molecule has 5 aliphatic rings. The Bertz CT molecular complexity index is 1080. The van der Waals surface area contributed by atoms with Crippen LogP contribution in [0, 0.1) is 44.3 Å². The molecule has 0 bridgehead atoms. The molecule has 0 unspecified atom stereocenters. The quantitative estimate of drug-likeness (QED) is 0.395. The number of methoxy groups -OCH3 is 1. The van der Waals surface area contributed by atoms with E-state index in [1.165, 1.54) is 18.3 Å². The van der Waals surface area contributed by atoms with Crippen LogP contribution in [-0.4, -0.2) is 24.6 Å². The Kier molecular flexibility index (Phi) is 5.13. The first-order chi connectivity index (χ1) is 16.1. The zero-order valence-electron chi connectivity index (χ0n) is 23.1. The summed E-state index contributed by atoms with van der Waals surface area (Å²) in [5.74, 6) is 0.580. The maximum atomic E-state index is 14.2. The molecule has 0 heterocycles. The van der Waals surface area contributed by atoms with Crippen LogP contribution in [0.3, 0.4) is 0 Å². The number of hydrogen-bond acceptors (Lipinski definition) is 4. The number of rotatable bonds is 1. The second-order valence-corrected chi connectivity index (χ2v) is 14.4. The molecule has 0 aromatic heterocycles. The van der Waals surface area contributed by atoms with Crippen molar-refractivity contribution >= 4 is 17.5 Å². The Morgan fingerprint density at radius 3 is 2.20 bits per heavy atom. The van der Waals surface area contributed by atoms with Gasteiger partial charge in [0.15, 0.2) is 5.78 Å². The maximum absolute atomic E-state index is 14.2. The van der Waals surface area contributed by atoms with Crippen LogP contribution in [-0.2, 0) is 19.1 Å². The standard InChI is InChI=1S/C31H44O4/c1-26(2)22-9-12-31(7)24(29(22,5)11-10-23(26)33)21(32)17-19-20-18-28(4,25(34)35-8)14-13-27(20,3)15-16-30(19,31)6/h17-18,22,24H,9-16H2,1-8H3/t22-,24+,27-,28-,29+,30-,31-/m0/s1. The summed E-state index contributed by atoms with van der Waals surface area (Å²) >= 11 is 0. The second kappa shape index (κ2) is 7.19. The van der Waals surface area contributed by atoms with Gasteiger partial charge in [-0.2, -0.15) is 0 Å². The number of fused-ring (bicyclic) bond motifs is 7. The Morgan fingerprint density at radius 1 is 0.886 bits per heavy atom. The summed E-state index contributed by atoms with van der Waals surface area (Å²) < 4.78 is 5.20. The van der Waals surface area contributed by atoms with E-state index in [0.717, 1.165) is 44.9 Å². The number of allylic oxidation sites excluding steroid dienone is 3. The van der Waals surface area contributed by atoms with Crippen LogP contribution >= 0.6 is 0 Å². The van der Waals surface area contributed by atoms with Crippen molar-refractivity contribution in [3.63, 3.8) is 0 Å². The fraction of sp³-hybridized carbons (Fsp3) is 0.774. The zero-order valence-corrected chi connectivity index (χ0v) is 23.1. The number of Topliss-reactive ketones (excluding diaryl/α,β-unsaturated/α-hetero) is 1. The van der Waals surface area contributed by atoms with Crippen molar-refractivity contribution in [2.24, 2.45) is 44.3 Å². The average molecular weight is 481 g/mol. The summed E-state index contributed by atoms with van der Waals surface area (Å²) in [5, 5.41) is 0. The van der Waals surface area contributed by atoms with E-state index in [9.17, 15) is 14.4 Å². The smallest absolute Gasteiger partial charge is 0.315 e. The highest BCUT2D eigenvalue weighted by atomic mass is 16.5. The summed E-state index contributed by atoms with van der Waals surface area (Å²) in [6, 6.07) is 0. The Labute approximate surface area is 211 Å².